The van der Waals surface area contributed by atoms with Gasteiger partial charge in [-0.15, -0.1) is 0 Å². The van der Waals surface area contributed by atoms with Crippen LogP contribution in [0, 0.1) is 3.57 Å². The molecule has 72 valence electrons. The summed E-state index contributed by atoms with van der Waals surface area (Å²) in [5.74, 6) is 0. The maximum absolute atomic E-state index is 8.85. The summed E-state index contributed by atoms with van der Waals surface area (Å²) in [6.45, 7) is 2.05. The van der Waals surface area contributed by atoms with E-state index in [-0.39, 0.29) is 12.6 Å². The lowest BCUT2D eigenvalue weighted by atomic mass is 10.3. The van der Waals surface area contributed by atoms with Crippen LogP contribution in [-0.4, -0.2) is 17.8 Å². The van der Waals surface area contributed by atoms with E-state index in [1.165, 1.54) is 0 Å². The molecular weight excluding hydrogens is 300 g/mol. The minimum absolute atomic E-state index is 0.0645. The van der Waals surface area contributed by atoms with Gasteiger partial charge in [0.25, 0.3) is 0 Å². The van der Waals surface area contributed by atoms with Crippen LogP contribution in [0.25, 0.3) is 0 Å². The minimum Gasteiger partial charge on any atom is -0.394 e. The Labute approximate surface area is 96.4 Å². The molecule has 2 nitrogen and oxygen atoms in total. The fraction of sp³-hybridized carbons (Fsp3) is 0.333. The average Bonchev–Trinajstić information content (AvgIpc) is 2.09. The minimum atomic E-state index is 0.0645. The van der Waals surface area contributed by atoms with Crippen molar-refractivity contribution < 1.29 is 5.11 Å². The van der Waals surface area contributed by atoms with Gasteiger partial charge < -0.3 is 10.4 Å². The van der Waals surface area contributed by atoms with Crippen molar-refractivity contribution in [1.29, 1.82) is 0 Å². The van der Waals surface area contributed by atoms with Gasteiger partial charge in [-0.1, -0.05) is 11.6 Å². The van der Waals surface area contributed by atoms with E-state index >= 15 is 0 Å². The molecule has 0 aromatic heterocycles. The van der Waals surface area contributed by atoms with Gasteiger partial charge in [0.2, 0.25) is 0 Å². The molecule has 1 aromatic rings. The molecule has 0 heterocycles. The maximum atomic E-state index is 8.85. The Bertz CT molecular complexity index is 293. The van der Waals surface area contributed by atoms with E-state index in [1.807, 2.05) is 25.1 Å². The Morgan fingerprint density at radius 1 is 1.62 bits per heavy atom. The third-order valence-corrected chi connectivity index (χ3v) is 2.73. The number of benzene rings is 1. The summed E-state index contributed by atoms with van der Waals surface area (Å²) in [5.41, 5.74) is 1.01. The predicted molar refractivity (Wildman–Crippen MR) is 64.3 cm³/mol. The lowest BCUT2D eigenvalue weighted by molar-refractivity contribution is 0.281. The smallest absolute Gasteiger partial charge is 0.0630 e. The predicted octanol–water partition coefficient (Wildman–Crippen LogP) is 2.74. The van der Waals surface area contributed by atoms with Crippen LogP contribution in [0.2, 0.25) is 5.02 Å². The van der Waals surface area contributed by atoms with Gasteiger partial charge in [0.05, 0.1) is 6.61 Å². The molecule has 13 heavy (non-hydrogen) atoms. The quantitative estimate of drug-likeness (QED) is 0.841. The summed E-state index contributed by atoms with van der Waals surface area (Å²) < 4.78 is 1.06. The van der Waals surface area contributed by atoms with Crippen molar-refractivity contribution in [1.82, 2.24) is 0 Å². The first-order valence-corrected chi connectivity index (χ1v) is 5.41. The topological polar surface area (TPSA) is 32.3 Å². The largest absolute Gasteiger partial charge is 0.394 e. The van der Waals surface area contributed by atoms with Crippen molar-refractivity contribution in [2.45, 2.75) is 13.0 Å². The van der Waals surface area contributed by atoms with Gasteiger partial charge in [0, 0.05) is 20.3 Å². The molecule has 0 radical (unpaired) electrons. The highest BCUT2D eigenvalue weighted by Gasteiger charge is 2.03. The number of aliphatic hydroxyl groups excluding tert-OH is 1. The van der Waals surface area contributed by atoms with Crippen LogP contribution < -0.4 is 5.32 Å². The molecule has 0 spiro atoms. The van der Waals surface area contributed by atoms with Gasteiger partial charge >= 0.3 is 0 Å². The zero-order chi connectivity index (χ0) is 9.84. The Hall–Kier alpha value is -0.000000000000000111. The van der Waals surface area contributed by atoms with E-state index in [0.717, 1.165) is 14.3 Å². The normalized spacial score (nSPS) is 12.6. The average molecular weight is 312 g/mol. The summed E-state index contributed by atoms with van der Waals surface area (Å²) in [7, 11) is 0. The van der Waals surface area contributed by atoms with Crippen molar-refractivity contribution >= 4 is 39.9 Å². The van der Waals surface area contributed by atoms with Gasteiger partial charge in [-0.25, -0.2) is 0 Å². The summed E-state index contributed by atoms with van der Waals surface area (Å²) in [6, 6.07) is 5.69. The summed E-state index contributed by atoms with van der Waals surface area (Å²) in [5, 5.41) is 12.7. The molecule has 4 heteroatoms. The van der Waals surface area contributed by atoms with E-state index in [2.05, 4.69) is 27.9 Å². The first-order chi connectivity index (χ1) is 6.13. The van der Waals surface area contributed by atoms with Gasteiger partial charge in [0.15, 0.2) is 0 Å². The van der Waals surface area contributed by atoms with Crippen molar-refractivity contribution in [3.05, 3.63) is 26.8 Å². The first-order valence-electron chi connectivity index (χ1n) is 3.96. The number of rotatable bonds is 3. The van der Waals surface area contributed by atoms with Gasteiger partial charge in [0.1, 0.15) is 0 Å². The van der Waals surface area contributed by atoms with Crippen molar-refractivity contribution in [3.63, 3.8) is 0 Å². The zero-order valence-corrected chi connectivity index (χ0v) is 10.1. The third-order valence-electron chi connectivity index (χ3n) is 1.61. The standard InChI is InChI=1S/C9H11ClINO/c1-6(5-13)12-9-3-2-7(10)4-8(9)11/h2-4,6,12-13H,5H2,1H3. The highest BCUT2D eigenvalue weighted by atomic mass is 127. The number of halogens is 2. The van der Waals surface area contributed by atoms with Gasteiger partial charge in [-0.3, -0.25) is 0 Å². The van der Waals surface area contributed by atoms with Gasteiger partial charge in [-0.2, -0.15) is 0 Å². The molecule has 1 rings (SSSR count). The Morgan fingerprint density at radius 3 is 2.85 bits per heavy atom. The van der Waals surface area contributed by atoms with E-state index in [4.69, 9.17) is 16.7 Å². The molecule has 0 saturated carbocycles. The molecular formula is C9H11ClINO. The van der Waals surface area contributed by atoms with Crippen LogP contribution in [-0.2, 0) is 0 Å². The van der Waals surface area contributed by atoms with Crippen LogP contribution in [0.4, 0.5) is 5.69 Å². The monoisotopic (exact) mass is 311 g/mol. The first kappa shape index (κ1) is 11.1. The molecule has 1 aromatic carbocycles. The molecule has 1 unspecified atom stereocenters. The summed E-state index contributed by atoms with van der Waals surface area (Å²) >= 11 is 8.01. The van der Waals surface area contributed by atoms with E-state index in [9.17, 15) is 0 Å². The highest BCUT2D eigenvalue weighted by Crippen LogP contribution is 2.22. The van der Waals surface area contributed by atoms with Crippen LogP contribution in [0.3, 0.4) is 0 Å². The van der Waals surface area contributed by atoms with E-state index < -0.39 is 0 Å². The fourth-order valence-corrected chi connectivity index (χ4v) is 1.94. The summed E-state index contributed by atoms with van der Waals surface area (Å²) in [4.78, 5) is 0. The number of aliphatic hydroxyl groups is 1. The molecule has 1 atom stereocenters. The SMILES string of the molecule is CC(CO)Nc1ccc(Cl)cc1I. The van der Waals surface area contributed by atoms with Crippen LogP contribution >= 0.6 is 34.2 Å². The molecule has 0 fully saturated rings. The lowest BCUT2D eigenvalue weighted by Crippen LogP contribution is -2.19. The molecule has 0 bridgehead atoms. The molecule has 0 aliphatic carbocycles. The lowest BCUT2D eigenvalue weighted by Gasteiger charge is -2.13. The number of hydrogen-bond donors (Lipinski definition) is 2. The second-order valence-electron chi connectivity index (χ2n) is 2.85. The van der Waals surface area contributed by atoms with Crippen molar-refractivity contribution in [2.75, 3.05) is 11.9 Å². The number of nitrogens with one attached hydrogen (secondary N) is 1. The molecule has 0 amide bonds. The zero-order valence-electron chi connectivity index (χ0n) is 7.22. The molecule has 0 aliphatic heterocycles. The van der Waals surface area contributed by atoms with Crippen LogP contribution in [0.15, 0.2) is 18.2 Å². The van der Waals surface area contributed by atoms with Crippen molar-refractivity contribution in [2.24, 2.45) is 0 Å². The Morgan fingerprint density at radius 2 is 2.31 bits per heavy atom. The Kier molecular flexibility index (Phi) is 4.28. The fourth-order valence-electron chi connectivity index (χ4n) is 0.918. The van der Waals surface area contributed by atoms with E-state index in [0.29, 0.717) is 0 Å². The second-order valence-corrected chi connectivity index (χ2v) is 4.45. The van der Waals surface area contributed by atoms with E-state index in [1.54, 1.807) is 0 Å². The highest BCUT2D eigenvalue weighted by molar-refractivity contribution is 14.1. The summed E-state index contributed by atoms with van der Waals surface area (Å²) in [6.07, 6.45) is 0. The number of anilines is 1. The van der Waals surface area contributed by atoms with Crippen LogP contribution in [0.5, 0.6) is 0 Å². The van der Waals surface area contributed by atoms with Crippen molar-refractivity contribution in [3.8, 4) is 0 Å². The third kappa shape index (κ3) is 3.32. The van der Waals surface area contributed by atoms with Gasteiger partial charge in [-0.05, 0) is 47.7 Å². The maximum Gasteiger partial charge on any atom is 0.0630 e. The Balaban J connectivity index is 2.77. The van der Waals surface area contributed by atoms with Crippen LogP contribution in [0.1, 0.15) is 6.92 Å². The molecule has 0 aliphatic rings. The molecule has 0 saturated heterocycles. The number of hydrogen-bond acceptors (Lipinski definition) is 2. The molecule has 2 N–H and O–H groups in total. The second kappa shape index (κ2) is 5.02.